The van der Waals surface area contributed by atoms with Crippen LogP contribution in [-0.2, 0) is 0 Å². The summed E-state index contributed by atoms with van der Waals surface area (Å²) in [7, 11) is 0. The minimum absolute atomic E-state index is 0.188. The molecule has 1 N–H and O–H groups in total. The number of aliphatic imine (C=N–C) groups is 1. The number of halogens is 1. The standard InChI is InChI=1S/C13H15FN2/c14-10-6-2-1-5-9(10)13-15-11-7-3-4-8-12(11)16-13/h1-2,5-6,11-12H,3-4,7-8H2,(H,15,16). The highest BCUT2D eigenvalue weighted by atomic mass is 19.1. The van der Waals surface area contributed by atoms with Gasteiger partial charge in [-0.05, 0) is 25.0 Å². The molecule has 16 heavy (non-hydrogen) atoms. The normalized spacial score (nSPS) is 28.2. The molecule has 3 heteroatoms. The van der Waals surface area contributed by atoms with E-state index in [0.717, 1.165) is 18.7 Å². The molecular formula is C13H15FN2. The van der Waals surface area contributed by atoms with E-state index in [-0.39, 0.29) is 5.82 Å². The summed E-state index contributed by atoms with van der Waals surface area (Å²) < 4.78 is 13.6. The maximum atomic E-state index is 13.6. The van der Waals surface area contributed by atoms with Crippen LogP contribution in [0.2, 0.25) is 0 Å². The van der Waals surface area contributed by atoms with E-state index >= 15 is 0 Å². The van der Waals surface area contributed by atoms with E-state index in [9.17, 15) is 4.39 Å². The third-order valence-electron chi connectivity index (χ3n) is 3.48. The lowest BCUT2D eigenvalue weighted by molar-refractivity contribution is 0.384. The molecule has 2 atom stereocenters. The van der Waals surface area contributed by atoms with Crippen molar-refractivity contribution in [1.29, 1.82) is 0 Å². The molecule has 1 aliphatic carbocycles. The number of nitrogens with one attached hydrogen (secondary N) is 1. The molecule has 1 fully saturated rings. The highest BCUT2D eigenvalue weighted by Crippen LogP contribution is 2.26. The largest absolute Gasteiger partial charge is 0.365 e. The van der Waals surface area contributed by atoms with Crippen LogP contribution in [0, 0.1) is 5.82 Å². The van der Waals surface area contributed by atoms with Gasteiger partial charge in [0.05, 0.1) is 11.6 Å². The number of amidine groups is 1. The average molecular weight is 218 g/mol. The minimum Gasteiger partial charge on any atom is -0.365 e. The molecule has 3 rings (SSSR count). The van der Waals surface area contributed by atoms with Gasteiger partial charge in [0.1, 0.15) is 11.7 Å². The topological polar surface area (TPSA) is 24.4 Å². The fourth-order valence-corrected chi connectivity index (χ4v) is 2.61. The monoisotopic (exact) mass is 218 g/mol. The first-order chi connectivity index (χ1) is 7.84. The van der Waals surface area contributed by atoms with E-state index in [1.807, 2.05) is 6.07 Å². The van der Waals surface area contributed by atoms with E-state index in [1.54, 1.807) is 12.1 Å². The van der Waals surface area contributed by atoms with Gasteiger partial charge in [0, 0.05) is 6.04 Å². The van der Waals surface area contributed by atoms with Gasteiger partial charge in [-0.1, -0.05) is 25.0 Å². The second kappa shape index (κ2) is 3.89. The summed E-state index contributed by atoms with van der Waals surface area (Å²) >= 11 is 0. The van der Waals surface area contributed by atoms with Gasteiger partial charge in [-0.15, -0.1) is 0 Å². The molecule has 1 heterocycles. The number of rotatable bonds is 1. The molecule has 84 valence electrons. The third-order valence-corrected chi connectivity index (χ3v) is 3.48. The van der Waals surface area contributed by atoms with Crippen LogP contribution in [0.1, 0.15) is 31.2 Å². The van der Waals surface area contributed by atoms with Crippen molar-refractivity contribution in [1.82, 2.24) is 5.32 Å². The summed E-state index contributed by atoms with van der Waals surface area (Å²) in [6, 6.07) is 7.64. The zero-order valence-electron chi connectivity index (χ0n) is 9.12. The molecule has 1 saturated carbocycles. The van der Waals surface area contributed by atoms with Crippen molar-refractivity contribution in [3.05, 3.63) is 35.6 Å². The third kappa shape index (κ3) is 1.60. The van der Waals surface area contributed by atoms with Gasteiger partial charge in [0.25, 0.3) is 0 Å². The molecule has 0 spiro atoms. The number of fused-ring (bicyclic) bond motifs is 1. The predicted octanol–water partition coefficient (Wildman–Crippen LogP) is 2.49. The van der Waals surface area contributed by atoms with Crippen molar-refractivity contribution in [2.75, 3.05) is 0 Å². The molecule has 0 radical (unpaired) electrons. The Bertz CT molecular complexity index is 428. The van der Waals surface area contributed by atoms with Gasteiger partial charge in [-0.3, -0.25) is 4.99 Å². The second-order valence-corrected chi connectivity index (χ2v) is 4.56. The summed E-state index contributed by atoms with van der Waals surface area (Å²) in [5, 5.41) is 3.36. The van der Waals surface area contributed by atoms with E-state index in [2.05, 4.69) is 10.3 Å². The lowest BCUT2D eigenvalue weighted by Gasteiger charge is -2.23. The second-order valence-electron chi connectivity index (χ2n) is 4.56. The lowest BCUT2D eigenvalue weighted by atomic mass is 9.92. The summed E-state index contributed by atoms with van der Waals surface area (Å²) in [4.78, 5) is 4.61. The van der Waals surface area contributed by atoms with Gasteiger partial charge in [0.2, 0.25) is 0 Å². The number of nitrogens with zero attached hydrogens (tertiary/aromatic N) is 1. The Morgan fingerprint density at radius 3 is 2.81 bits per heavy atom. The fourth-order valence-electron chi connectivity index (χ4n) is 2.61. The Morgan fingerprint density at radius 2 is 2.00 bits per heavy atom. The smallest absolute Gasteiger partial charge is 0.134 e. The van der Waals surface area contributed by atoms with Crippen molar-refractivity contribution in [2.45, 2.75) is 37.8 Å². The summed E-state index contributed by atoms with van der Waals surface area (Å²) in [6.45, 7) is 0. The number of benzene rings is 1. The minimum atomic E-state index is -0.188. The number of hydrogen-bond acceptors (Lipinski definition) is 2. The predicted molar refractivity (Wildman–Crippen MR) is 62.1 cm³/mol. The Kier molecular flexibility index (Phi) is 2.39. The molecule has 1 aromatic carbocycles. The van der Waals surface area contributed by atoms with Crippen molar-refractivity contribution in [2.24, 2.45) is 4.99 Å². The quantitative estimate of drug-likeness (QED) is 0.769. The molecule has 1 aliphatic heterocycles. The van der Waals surface area contributed by atoms with Crippen molar-refractivity contribution in [3.8, 4) is 0 Å². The number of hydrogen-bond donors (Lipinski definition) is 1. The zero-order valence-corrected chi connectivity index (χ0v) is 9.12. The first-order valence-corrected chi connectivity index (χ1v) is 5.94. The van der Waals surface area contributed by atoms with E-state index in [4.69, 9.17) is 0 Å². The molecule has 0 bridgehead atoms. The zero-order chi connectivity index (χ0) is 11.0. The average Bonchev–Trinajstić information content (AvgIpc) is 2.73. The van der Waals surface area contributed by atoms with Crippen LogP contribution in [-0.4, -0.2) is 17.9 Å². The maximum absolute atomic E-state index is 13.6. The molecule has 1 aromatic rings. The van der Waals surface area contributed by atoms with Crippen molar-refractivity contribution in [3.63, 3.8) is 0 Å². The Hall–Kier alpha value is -1.38. The van der Waals surface area contributed by atoms with Gasteiger partial charge in [-0.25, -0.2) is 4.39 Å². The molecule has 2 unspecified atom stereocenters. The Labute approximate surface area is 94.6 Å². The van der Waals surface area contributed by atoms with Crippen LogP contribution < -0.4 is 5.32 Å². The van der Waals surface area contributed by atoms with E-state index in [1.165, 1.54) is 18.9 Å². The van der Waals surface area contributed by atoms with Crippen LogP contribution in [0.5, 0.6) is 0 Å². The van der Waals surface area contributed by atoms with Crippen LogP contribution in [0.25, 0.3) is 0 Å². The van der Waals surface area contributed by atoms with Crippen LogP contribution in [0.3, 0.4) is 0 Å². The first kappa shape index (κ1) is 9.82. The van der Waals surface area contributed by atoms with Crippen molar-refractivity contribution >= 4 is 5.84 Å². The van der Waals surface area contributed by atoms with Gasteiger partial charge in [0.15, 0.2) is 0 Å². The first-order valence-electron chi connectivity index (χ1n) is 5.94. The van der Waals surface area contributed by atoms with Crippen molar-refractivity contribution < 1.29 is 4.39 Å². The summed E-state index contributed by atoms with van der Waals surface area (Å²) in [5.74, 6) is 0.558. The molecular weight excluding hydrogens is 203 g/mol. The molecule has 0 aromatic heterocycles. The molecule has 2 aliphatic rings. The fraction of sp³-hybridized carbons (Fsp3) is 0.462. The Morgan fingerprint density at radius 1 is 1.19 bits per heavy atom. The summed E-state index contributed by atoms with van der Waals surface area (Å²) in [5.41, 5.74) is 0.608. The Balaban J connectivity index is 1.89. The van der Waals surface area contributed by atoms with Crippen LogP contribution in [0.4, 0.5) is 4.39 Å². The highest BCUT2D eigenvalue weighted by Gasteiger charge is 2.31. The molecule has 0 amide bonds. The van der Waals surface area contributed by atoms with Gasteiger partial charge < -0.3 is 5.32 Å². The SMILES string of the molecule is Fc1ccccc1C1=NC2CCCCC2N1. The molecule has 0 saturated heterocycles. The van der Waals surface area contributed by atoms with E-state index in [0.29, 0.717) is 17.6 Å². The van der Waals surface area contributed by atoms with Gasteiger partial charge in [-0.2, -0.15) is 0 Å². The maximum Gasteiger partial charge on any atom is 0.134 e. The lowest BCUT2D eigenvalue weighted by Crippen LogP contribution is -2.37. The van der Waals surface area contributed by atoms with Crippen LogP contribution >= 0.6 is 0 Å². The molecule has 2 nitrogen and oxygen atoms in total. The summed E-state index contributed by atoms with van der Waals surface area (Å²) in [6.07, 6.45) is 4.80. The van der Waals surface area contributed by atoms with Gasteiger partial charge >= 0.3 is 0 Å². The van der Waals surface area contributed by atoms with E-state index < -0.39 is 0 Å². The highest BCUT2D eigenvalue weighted by molar-refractivity contribution is 6.00. The van der Waals surface area contributed by atoms with Crippen LogP contribution in [0.15, 0.2) is 29.3 Å².